The lowest BCUT2D eigenvalue weighted by atomic mass is 10.1. The van der Waals surface area contributed by atoms with Gasteiger partial charge in [0, 0.05) is 20.8 Å². The zero-order chi connectivity index (χ0) is 15.4. The molecular weight excluding hydrogens is 284 g/mol. The molecule has 0 N–H and O–H groups in total. The zero-order valence-corrected chi connectivity index (χ0v) is 16.3. The summed E-state index contributed by atoms with van der Waals surface area (Å²) in [6, 6.07) is 1.23. The number of unbranched alkanes of at least 4 members (excludes halogenated alkanes) is 1. The van der Waals surface area contributed by atoms with E-state index in [1.807, 2.05) is 0 Å². The molecule has 0 heterocycles. The Labute approximate surface area is 128 Å². The second kappa shape index (κ2) is 11.7. The van der Waals surface area contributed by atoms with Gasteiger partial charge in [-0.05, 0) is 50.9 Å². The molecule has 0 radical (unpaired) electrons. The third kappa shape index (κ3) is 11.8. The lowest BCUT2D eigenvalue weighted by molar-refractivity contribution is 0.158. The van der Waals surface area contributed by atoms with Gasteiger partial charge in [-0.1, -0.05) is 19.0 Å². The number of rotatable bonds is 12. The smallest absolute Gasteiger partial charge is 0.223 e. The Morgan fingerprint density at radius 2 is 1.80 bits per heavy atom. The number of methoxy groups -OCH3 is 2. The lowest BCUT2D eigenvalue weighted by Crippen LogP contribution is -2.33. The SMILES string of the molecule is CCCC/[Si](=C/C(CCCOC)COC)O[Si](C)(C)C. The van der Waals surface area contributed by atoms with E-state index in [0.717, 1.165) is 26.1 Å². The minimum absolute atomic E-state index is 0.511. The van der Waals surface area contributed by atoms with E-state index in [1.54, 1.807) is 14.2 Å². The van der Waals surface area contributed by atoms with Crippen molar-refractivity contribution in [2.75, 3.05) is 27.4 Å². The first-order valence-electron chi connectivity index (χ1n) is 7.80. The molecular formula is C15H34O3Si2. The summed E-state index contributed by atoms with van der Waals surface area (Å²) in [5.74, 6) is 0.511. The van der Waals surface area contributed by atoms with E-state index in [-0.39, 0.29) is 0 Å². The van der Waals surface area contributed by atoms with Gasteiger partial charge in [-0.25, -0.2) is 0 Å². The highest BCUT2D eigenvalue weighted by Gasteiger charge is 2.18. The fraction of sp³-hybridized carbons (Fsp3) is 0.933. The molecule has 20 heavy (non-hydrogen) atoms. The van der Waals surface area contributed by atoms with Crippen molar-refractivity contribution in [1.29, 1.82) is 0 Å². The maximum Gasteiger partial charge on any atom is 0.223 e. The van der Waals surface area contributed by atoms with Gasteiger partial charge in [-0.3, -0.25) is 0 Å². The summed E-state index contributed by atoms with van der Waals surface area (Å²) in [5, 5.41) is 0. The molecule has 0 aliphatic heterocycles. The van der Waals surface area contributed by atoms with E-state index in [0.29, 0.717) is 5.92 Å². The van der Waals surface area contributed by atoms with Crippen LogP contribution in [-0.2, 0) is 13.6 Å². The Morgan fingerprint density at radius 3 is 2.30 bits per heavy atom. The molecule has 0 fully saturated rings. The molecule has 0 aliphatic rings. The second-order valence-electron chi connectivity index (χ2n) is 6.30. The Bertz CT molecular complexity index is 262. The molecule has 0 aromatic rings. The van der Waals surface area contributed by atoms with Gasteiger partial charge in [0.1, 0.15) is 0 Å². The average Bonchev–Trinajstić information content (AvgIpc) is 2.34. The second-order valence-corrected chi connectivity index (χ2v) is 13.1. The average molecular weight is 319 g/mol. The Balaban J connectivity index is 4.65. The topological polar surface area (TPSA) is 27.7 Å². The summed E-state index contributed by atoms with van der Waals surface area (Å²) in [6.07, 6.45) is 4.75. The summed E-state index contributed by atoms with van der Waals surface area (Å²) >= 11 is 0. The molecule has 0 spiro atoms. The predicted molar refractivity (Wildman–Crippen MR) is 92.4 cm³/mol. The highest BCUT2D eigenvalue weighted by molar-refractivity contribution is 6.78. The fourth-order valence-electron chi connectivity index (χ4n) is 2.09. The van der Waals surface area contributed by atoms with E-state index in [9.17, 15) is 0 Å². The predicted octanol–water partition coefficient (Wildman–Crippen LogP) is 3.70. The van der Waals surface area contributed by atoms with Gasteiger partial charge in [-0.15, -0.1) is 0 Å². The van der Waals surface area contributed by atoms with Gasteiger partial charge in [-0.2, -0.15) is 0 Å². The molecule has 120 valence electrons. The van der Waals surface area contributed by atoms with Crippen molar-refractivity contribution in [3.63, 3.8) is 0 Å². The van der Waals surface area contributed by atoms with Crippen LogP contribution in [0.1, 0.15) is 32.6 Å². The van der Waals surface area contributed by atoms with Crippen LogP contribution < -0.4 is 0 Å². The van der Waals surface area contributed by atoms with E-state index in [1.165, 1.54) is 18.9 Å². The van der Waals surface area contributed by atoms with Crippen molar-refractivity contribution in [2.45, 2.75) is 58.3 Å². The molecule has 0 rings (SSSR count). The van der Waals surface area contributed by atoms with Crippen LogP contribution in [0.4, 0.5) is 0 Å². The Hall–Kier alpha value is 0.0238. The van der Waals surface area contributed by atoms with Crippen LogP contribution in [0.5, 0.6) is 0 Å². The van der Waals surface area contributed by atoms with Crippen LogP contribution in [0.15, 0.2) is 0 Å². The monoisotopic (exact) mass is 318 g/mol. The molecule has 0 aliphatic carbocycles. The van der Waals surface area contributed by atoms with Gasteiger partial charge in [0.2, 0.25) is 17.0 Å². The summed E-state index contributed by atoms with van der Waals surface area (Å²) in [5.41, 5.74) is 2.48. The highest BCUT2D eigenvalue weighted by Crippen LogP contribution is 2.10. The molecule has 0 aromatic heterocycles. The Kier molecular flexibility index (Phi) is 11.7. The summed E-state index contributed by atoms with van der Waals surface area (Å²) < 4.78 is 16.9. The normalized spacial score (nSPS) is 14.4. The van der Waals surface area contributed by atoms with Crippen LogP contribution in [0.2, 0.25) is 25.7 Å². The summed E-state index contributed by atoms with van der Waals surface area (Å²) in [7, 11) is 1.29. The van der Waals surface area contributed by atoms with E-state index in [4.69, 9.17) is 13.6 Å². The largest absolute Gasteiger partial charge is 0.605 e. The Morgan fingerprint density at radius 1 is 1.10 bits per heavy atom. The minimum Gasteiger partial charge on any atom is -0.605 e. The third-order valence-electron chi connectivity index (χ3n) is 2.94. The fourth-order valence-corrected chi connectivity index (χ4v) is 7.58. The van der Waals surface area contributed by atoms with Gasteiger partial charge in [0.25, 0.3) is 0 Å². The van der Waals surface area contributed by atoms with Crippen LogP contribution in [0, 0.1) is 5.92 Å². The summed E-state index contributed by atoms with van der Waals surface area (Å²) in [4.78, 5) is 0. The maximum absolute atomic E-state index is 6.42. The van der Waals surface area contributed by atoms with Crippen LogP contribution in [0.3, 0.4) is 0 Å². The van der Waals surface area contributed by atoms with E-state index < -0.39 is 17.0 Å². The number of ether oxygens (including phenoxy) is 2. The molecule has 0 bridgehead atoms. The molecule has 0 aromatic carbocycles. The van der Waals surface area contributed by atoms with Crippen LogP contribution in [-0.4, -0.2) is 50.1 Å². The van der Waals surface area contributed by atoms with Crippen LogP contribution in [0.25, 0.3) is 0 Å². The molecule has 5 heteroatoms. The minimum atomic E-state index is -1.45. The first kappa shape index (κ1) is 20.0. The van der Waals surface area contributed by atoms with Crippen molar-refractivity contribution in [3.05, 3.63) is 0 Å². The highest BCUT2D eigenvalue weighted by atomic mass is 28.4. The van der Waals surface area contributed by atoms with E-state index >= 15 is 0 Å². The van der Waals surface area contributed by atoms with Crippen molar-refractivity contribution in [3.8, 4) is 0 Å². The number of hydrogen-bond acceptors (Lipinski definition) is 3. The lowest BCUT2D eigenvalue weighted by Gasteiger charge is -2.24. The first-order chi connectivity index (χ1) is 9.42. The first-order valence-corrected chi connectivity index (χ1v) is 12.9. The quantitative estimate of drug-likeness (QED) is 0.405. The van der Waals surface area contributed by atoms with Crippen LogP contribution >= 0.6 is 0 Å². The standard InChI is InChI=1S/C15H34O3Si2/c1-7-8-12-19(18-20(4,5)6)14-15(13-17-3)10-9-11-16-2/h14-15H,7-13H2,1-6H3/b19-14-. The molecule has 0 saturated carbocycles. The molecule has 1 atom stereocenters. The van der Waals surface area contributed by atoms with Crippen molar-refractivity contribution in [1.82, 2.24) is 0 Å². The van der Waals surface area contributed by atoms with E-state index in [2.05, 4.69) is 32.2 Å². The molecule has 3 nitrogen and oxygen atoms in total. The van der Waals surface area contributed by atoms with Crippen molar-refractivity contribution >= 4 is 22.6 Å². The van der Waals surface area contributed by atoms with Gasteiger partial charge >= 0.3 is 0 Å². The third-order valence-corrected chi connectivity index (χ3v) is 8.13. The van der Waals surface area contributed by atoms with Gasteiger partial charge in [0.05, 0.1) is 6.61 Å². The molecule has 0 amide bonds. The van der Waals surface area contributed by atoms with Crippen molar-refractivity contribution < 1.29 is 13.6 Å². The van der Waals surface area contributed by atoms with Gasteiger partial charge in [0.15, 0.2) is 0 Å². The number of hydrogen-bond donors (Lipinski definition) is 0. The maximum atomic E-state index is 6.42. The van der Waals surface area contributed by atoms with Crippen molar-refractivity contribution in [2.24, 2.45) is 5.92 Å². The van der Waals surface area contributed by atoms with Gasteiger partial charge < -0.3 is 13.6 Å². The molecule has 0 saturated heterocycles. The molecule has 1 unspecified atom stereocenters. The zero-order valence-electron chi connectivity index (χ0n) is 14.3. The summed E-state index contributed by atoms with van der Waals surface area (Å²) in [6.45, 7) is 10.7.